The number of halogens is 5. The van der Waals surface area contributed by atoms with Crippen LogP contribution in [0.2, 0.25) is 0 Å². The van der Waals surface area contributed by atoms with Crippen molar-refractivity contribution >= 4 is 42.6 Å². The van der Waals surface area contributed by atoms with Gasteiger partial charge in [-0.1, -0.05) is 6.07 Å². The molecule has 3 N–H and O–H groups in total. The fourth-order valence-electron chi connectivity index (χ4n) is 3.05. The highest BCUT2D eigenvalue weighted by Gasteiger charge is 2.25. The highest BCUT2D eigenvalue weighted by Crippen LogP contribution is 2.21. The molecule has 11 heteroatoms. The number of aromatic nitrogens is 1. The van der Waals surface area contributed by atoms with Crippen molar-refractivity contribution in [2.75, 3.05) is 18.4 Å². The second kappa shape index (κ2) is 11.8. The van der Waals surface area contributed by atoms with Crippen molar-refractivity contribution in [2.24, 2.45) is 0 Å². The topological polar surface area (TPSA) is 77.5 Å². The van der Waals surface area contributed by atoms with Gasteiger partial charge in [-0.3, -0.25) is 14.9 Å². The molecule has 0 unspecified atom stereocenters. The van der Waals surface area contributed by atoms with Crippen LogP contribution in [0.15, 0.2) is 36.5 Å². The number of likely N-dealkylation sites (tertiary alicyclic amines) is 1. The Balaban J connectivity index is 0.00000225. The van der Waals surface area contributed by atoms with Crippen molar-refractivity contribution in [3.05, 3.63) is 65.1 Å². The molecule has 0 aliphatic carbocycles. The highest BCUT2D eigenvalue weighted by molar-refractivity contribution is 5.90. The lowest BCUT2D eigenvalue weighted by Crippen LogP contribution is -2.27. The minimum absolute atomic E-state index is 0. The van der Waals surface area contributed by atoms with Crippen LogP contribution in [0.25, 0.3) is 6.08 Å². The van der Waals surface area contributed by atoms with Gasteiger partial charge in [-0.05, 0) is 36.3 Å². The summed E-state index contributed by atoms with van der Waals surface area (Å²) in [6.45, 7) is 1.25. The number of pyridine rings is 1. The van der Waals surface area contributed by atoms with Gasteiger partial charge in [0, 0.05) is 43.5 Å². The van der Waals surface area contributed by atoms with Crippen molar-refractivity contribution in [3.8, 4) is 0 Å². The number of rotatable bonds is 6. The molecule has 2 heterocycles. The standard InChI is InChI=1S/C19H19F3N4O2.2ClH/c20-15-2-1-3-16(21)14(15)11-26-7-6-13(10-26)24-19-17(22)8-12(9-23-19)4-5-18(27)25-28;;/h1-5,8-9,13,28H,6-7,10-11H2,(H,23,24)(H,25,27);2*1H/b5-4+;;/t13-;;/m1../s1. The fraction of sp³-hybridized carbons (Fsp3) is 0.263. The van der Waals surface area contributed by atoms with E-state index in [1.807, 2.05) is 4.90 Å². The van der Waals surface area contributed by atoms with E-state index in [1.165, 1.54) is 42.0 Å². The summed E-state index contributed by atoms with van der Waals surface area (Å²) in [7, 11) is 0. The Bertz CT molecular complexity index is 882. The number of carbonyl (C=O) groups excluding carboxylic acids is 1. The number of nitrogens with one attached hydrogen (secondary N) is 2. The van der Waals surface area contributed by atoms with E-state index >= 15 is 0 Å². The van der Waals surface area contributed by atoms with Gasteiger partial charge >= 0.3 is 0 Å². The molecule has 3 rings (SSSR count). The molecule has 1 aromatic carbocycles. The highest BCUT2D eigenvalue weighted by atomic mass is 35.5. The molecular weight excluding hydrogens is 444 g/mol. The maximum atomic E-state index is 14.2. The molecule has 0 radical (unpaired) electrons. The van der Waals surface area contributed by atoms with E-state index in [0.717, 1.165) is 6.08 Å². The van der Waals surface area contributed by atoms with Crippen LogP contribution in [-0.4, -0.2) is 40.1 Å². The molecule has 2 aromatic rings. The zero-order chi connectivity index (χ0) is 20.1. The minimum Gasteiger partial charge on any atom is -0.364 e. The first-order chi connectivity index (χ1) is 13.5. The van der Waals surface area contributed by atoms with E-state index in [0.29, 0.717) is 25.1 Å². The second-order valence-corrected chi connectivity index (χ2v) is 6.47. The maximum Gasteiger partial charge on any atom is 0.267 e. The van der Waals surface area contributed by atoms with Crippen LogP contribution in [0.3, 0.4) is 0 Å². The van der Waals surface area contributed by atoms with Gasteiger partial charge < -0.3 is 5.32 Å². The van der Waals surface area contributed by atoms with E-state index in [1.54, 1.807) is 0 Å². The monoisotopic (exact) mass is 464 g/mol. The first-order valence-corrected chi connectivity index (χ1v) is 8.65. The van der Waals surface area contributed by atoms with E-state index < -0.39 is 23.4 Å². The summed E-state index contributed by atoms with van der Waals surface area (Å²) in [5, 5.41) is 11.4. The van der Waals surface area contributed by atoms with Crippen molar-refractivity contribution in [1.82, 2.24) is 15.4 Å². The molecule has 1 aliphatic rings. The predicted molar refractivity (Wildman–Crippen MR) is 111 cm³/mol. The average Bonchev–Trinajstić information content (AvgIpc) is 3.12. The van der Waals surface area contributed by atoms with Gasteiger partial charge in [0.2, 0.25) is 0 Å². The molecule has 0 saturated carbocycles. The lowest BCUT2D eigenvalue weighted by Gasteiger charge is -2.18. The van der Waals surface area contributed by atoms with Crippen LogP contribution in [0.1, 0.15) is 17.5 Å². The molecule has 164 valence electrons. The van der Waals surface area contributed by atoms with Gasteiger partial charge in [0.25, 0.3) is 5.91 Å². The molecule has 1 aliphatic heterocycles. The van der Waals surface area contributed by atoms with Crippen LogP contribution in [0, 0.1) is 17.5 Å². The Morgan fingerprint density at radius 2 is 1.93 bits per heavy atom. The zero-order valence-corrected chi connectivity index (χ0v) is 17.3. The number of hydrogen-bond donors (Lipinski definition) is 3. The van der Waals surface area contributed by atoms with Gasteiger partial charge in [-0.2, -0.15) is 0 Å². The van der Waals surface area contributed by atoms with E-state index in [2.05, 4.69) is 10.3 Å². The Hall–Kier alpha value is -2.33. The van der Waals surface area contributed by atoms with Crippen molar-refractivity contribution < 1.29 is 23.2 Å². The van der Waals surface area contributed by atoms with Crippen molar-refractivity contribution in [2.45, 2.75) is 19.0 Å². The lowest BCUT2D eigenvalue weighted by molar-refractivity contribution is -0.124. The molecule has 1 saturated heterocycles. The Kier molecular flexibility index (Phi) is 10.1. The molecule has 0 bridgehead atoms. The minimum atomic E-state index is -0.736. The smallest absolute Gasteiger partial charge is 0.267 e. The zero-order valence-electron chi connectivity index (χ0n) is 15.6. The van der Waals surface area contributed by atoms with Crippen LogP contribution in [0.4, 0.5) is 19.0 Å². The molecule has 1 aromatic heterocycles. The summed E-state index contributed by atoms with van der Waals surface area (Å²) < 4.78 is 41.8. The third kappa shape index (κ3) is 6.60. The Labute approximate surface area is 184 Å². The summed E-state index contributed by atoms with van der Waals surface area (Å²) in [5.74, 6) is -2.43. The number of anilines is 1. The number of nitrogens with zero attached hydrogens (tertiary/aromatic N) is 2. The van der Waals surface area contributed by atoms with Gasteiger partial charge in [0.05, 0.1) is 0 Å². The molecule has 1 fully saturated rings. The third-order valence-electron chi connectivity index (χ3n) is 4.46. The summed E-state index contributed by atoms with van der Waals surface area (Å²) in [6, 6.07) is 4.87. The van der Waals surface area contributed by atoms with Gasteiger partial charge in [0.1, 0.15) is 11.6 Å². The largest absolute Gasteiger partial charge is 0.364 e. The van der Waals surface area contributed by atoms with Crippen LogP contribution in [-0.2, 0) is 11.3 Å². The first-order valence-electron chi connectivity index (χ1n) is 8.65. The van der Waals surface area contributed by atoms with E-state index in [-0.39, 0.29) is 48.8 Å². The Morgan fingerprint density at radius 3 is 2.57 bits per heavy atom. The summed E-state index contributed by atoms with van der Waals surface area (Å²) >= 11 is 0. The van der Waals surface area contributed by atoms with E-state index in [9.17, 15) is 18.0 Å². The maximum absolute atomic E-state index is 14.2. The molecule has 1 atom stereocenters. The van der Waals surface area contributed by atoms with E-state index in [4.69, 9.17) is 5.21 Å². The van der Waals surface area contributed by atoms with Gasteiger partial charge in [-0.15, -0.1) is 24.8 Å². The number of hydroxylamine groups is 1. The summed E-state index contributed by atoms with van der Waals surface area (Å²) in [5.41, 5.74) is 1.81. The van der Waals surface area contributed by atoms with Crippen molar-refractivity contribution in [1.29, 1.82) is 0 Å². The van der Waals surface area contributed by atoms with Gasteiger partial charge in [0.15, 0.2) is 11.6 Å². The molecule has 0 spiro atoms. The SMILES string of the molecule is Cl.Cl.O=C(/C=C/c1cnc(N[C@@H]2CCN(Cc3c(F)cccc3F)C2)c(F)c1)NO. The van der Waals surface area contributed by atoms with Gasteiger partial charge in [-0.25, -0.2) is 23.6 Å². The quantitative estimate of drug-likeness (QED) is 0.346. The summed E-state index contributed by atoms with van der Waals surface area (Å²) in [6.07, 6.45) is 4.41. The molecule has 6 nitrogen and oxygen atoms in total. The number of benzene rings is 1. The first kappa shape index (κ1) is 25.7. The number of carbonyl (C=O) groups is 1. The second-order valence-electron chi connectivity index (χ2n) is 6.47. The summed E-state index contributed by atoms with van der Waals surface area (Å²) in [4.78, 5) is 16.8. The molecule has 30 heavy (non-hydrogen) atoms. The number of hydrogen-bond acceptors (Lipinski definition) is 5. The third-order valence-corrected chi connectivity index (χ3v) is 4.46. The van der Waals surface area contributed by atoms with Crippen LogP contribution < -0.4 is 10.8 Å². The normalized spacial score (nSPS) is 16.1. The van der Waals surface area contributed by atoms with Crippen LogP contribution >= 0.6 is 24.8 Å². The number of amides is 1. The molecular formula is C19H21Cl2F3N4O2. The van der Waals surface area contributed by atoms with Crippen LogP contribution in [0.5, 0.6) is 0 Å². The molecule has 1 amide bonds. The predicted octanol–water partition coefficient (Wildman–Crippen LogP) is 3.55. The Morgan fingerprint density at radius 1 is 1.23 bits per heavy atom. The van der Waals surface area contributed by atoms with Crippen molar-refractivity contribution in [3.63, 3.8) is 0 Å². The average molecular weight is 465 g/mol. The lowest BCUT2D eigenvalue weighted by atomic mass is 10.2. The fourth-order valence-corrected chi connectivity index (χ4v) is 3.05.